The molecule has 4 nitrogen and oxygen atoms in total. The second-order valence-corrected chi connectivity index (χ2v) is 8.64. The van der Waals surface area contributed by atoms with Crippen LogP contribution in [0.4, 0.5) is 0 Å². The zero-order valence-electron chi connectivity index (χ0n) is 18.6. The summed E-state index contributed by atoms with van der Waals surface area (Å²) in [6, 6.07) is 0. The van der Waals surface area contributed by atoms with E-state index in [0.717, 1.165) is 44.4 Å². The second-order valence-electron chi connectivity index (χ2n) is 8.64. The first-order valence-corrected chi connectivity index (χ1v) is 10.1. The van der Waals surface area contributed by atoms with Crippen molar-refractivity contribution in [1.29, 1.82) is 0 Å². The summed E-state index contributed by atoms with van der Waals surface area (Å²) >= 11 is 0. The largest absolute Gasteiger partial charge is 0.457 e. The van der Waals surface area contributed by atoms with Crippen LogP contribution in [0.1, 0.15) is 74.1 Å². The molecule has 0 heterocycles. The van der Waals surface area contributed by atoms with E-state index in [1.54, 1.807) is 7.11 Å². The SMILES string of the molecule is CCN(C1=CC=C(C(=O)OC(C)(C)C)CC1)C(CCC(C)COC)=C(C)C. The van der Waals surface area contributed by atoms with Crippen LogP contribution in [0.5, 0.6) is 0 Å². The number of methoxy groups -OCH3 is 1. The van der Waals surface area contributed by atoms with Crippen LogP contribution in [-0.2, 0) is 14.3 Å². The van der Waals surface area contributed by atoms with Crippen molar-refractivity contribution >= 4 is 5.97 Å². The summed E-state index contributed by atoms with van der Waals surface area (Å²) in [5.74, 6) is 0.346. The molecule has 0 bridgehead atoms. The summed E-state index contributed by atoms with van der Waals surface area (Å²) in [7, 11) is 1.76. The van der Waals surface area contributed by atoms with Crippen molar-refractivity contribution in [1.82, 2.24) is 4.90 Å². The fraction of sp³-hybridized carbons (Fsp3) is 0.696. The summed E-state index contributed by atoms with van der Waals surface area (Å²) in [5.41, 5.74) is 4.33. The molecule has 1 atom stereocenters. The van der Waals surface area contributed by atoms with Crippen molar-refractivity contribution in [3.8, 4) is 0 Å². The molecule has 0 aromatic carbocycles. The Morgan fingerprint density at radius 3 is 2.33 bits per heavy atom. The number of nitrogens with zero attached hydrogens (tertiary/aromatic N) is 1. The predicted octanol–water partition coefficient (Wildman–Crippen LogP) is 5.61. The molecule has 1 aliphatic carbocycles. The predicted molar refractivity (Wildman–Crippen MR) is 112 cm³/mol. The van der Waals surface area contributed by atoms with Crippen LogP contribution in [-0.4, -0.2) is 36.7 Å². The Labute approximate surface area is 166 Å². The number of carbonyl (C=O) groups is 1. The molecule has 0 aromatic heterocycles. The summed E-state index contributed by atoms with van der Waals surface area (Å²) in [6.45, 7) is 16.2. The first kappa shape index (κ1) is 23.5. The number of hydrogen-bond acceptors (Lipinski definition) is 4. The molecular formula is C23H39NO3. The van der Waals surface area contributed by atoms with Crippen LogP contribution in [0.25, 0.3) is 0 Å². The lowest BCUT2D eigenvalue weighted by Crippen LogP contribution is -2.27. The second kappa shape index (κ2) is 10.7. The summed E-state index contributed by atoms with van der Waals surface area (Å²) in [6.07, 6.45) is 7.77. The minimum Gasteiger partial charge on any atom is -0.457 e. The highest BCUT2D eigenvalue weighted by Crippen LogP contribution is 2.29. The van der Waals surface area contributed by atoms with Gasteiger partial charge in [-0.15, -0.1) is 0 Å². The van der Waals surface area contributed by atoms with Gasteiger partial charge >= 0.3 is 5.97 Å². The molecule has 4 heteroatoms. The van der Waals surface area contributed by atoms with Gasteiger partial charge in [0.1, 0.15) is 5.60 Å². The monoisotopic (exact) mass is 377 g/mol. The van der Waals surface area contributed by atoms with Gasteiger partial charge in [0.15, 0.2) is 0 Å². The maximum atomic E-state index is 12.3. The molecule has 154 valence electrons. The molecule has 0 aromatic rings. The van der Waals surface area contributed by atoms with Crippen LogP contribution < -0.4 is 0 Å². The van der Waals surface area contributed by atoms with E-state index in [2.05, 4.69) is 38.7 Å². The van der Waals surface area contributed by atoms with Crippen molar-refractivity contribution < 1.29 is 14.3 Å². The van der Waals surface area contributed by atoms with Crippen LogP contribution in [0, 0.1) is 5.92 Å². The average Bonchev–Trinajstić information content (AvgIpc) is 2.57. The molecule has 1 rings (SSSR count). The minimum atomic E-state index is -0.453. The Morgan fingerprint density at radius 2 is 1.89 bits per heavy atom. The Balaban J connectivity index is 2.90. The van der Waals surface area contributed by atoms with Gasteiger partial charge in [-0.05, 0) is 79.2 Å². The van der Waals surface area contributed by atoms with Gasteiger partial charge < -0.3 is 14.4 Å². The highest BCUT2D eigenvalue weighted by Gasteiger charge is 2.23. The smallest absolute Gasteiger partial charge is 0.334 e. The standard InChI is InChI=1S/C23H39NO3/c1-9-24(21(17(2)3)15-10-18(4)16-26-8)20-13-11-19(12-14-20)22(25)27-23(5,6)7/h11,13,18H,9-10,12,14-16H2,1-8H3. The first-order valence-electron chi connectivity index (χ1n) is 10.1. The molecule has 0 N–H and O–H groups in total. The van der Waals surface area contributed by atoms with E-state index in [1.807, 2.05) is 26.8 Å². The number of ether oxygens (including phenoxy) is 2. The molecule has 0 radical (unpaired) electrons. The summed E-state index contributed by atoms with van der Waals surface area (Å²) in [5, 5.41) is 0. The molecule has 1 unspecified atom stereocenters. The van der Waals surface area contributed by atoms with Gasteiger partial charge in [0.05, 0.1) is 0 Å². The number of carbonyl (C=O) groups excluding carboxylic acids is 1. The molecule has 27 heavy (non-hydrogen) atoms. The maximum Gasteiger partial charge on any atom is 0.334 e. The van der Waals surface area contributed by atoms with Crippen molar-refractivity contribution in [2.75, 3.05) is 20.3 Å². The fourth-order valence-electron chi connectivity index (χ4n) is 3.34. The zero-order valence-corrected chi connectivity index (χ0v) is 18.6. The molecule has 0 spiro atoms. The molecule has 0 saturated carbocycles. The average molecular weight is 378 g/mol. The van der Waals surface area contributed by atoms with E-state index in [0.29, 0.717) is 5.92 Å². The molecular weight excluding hydrogens is 338 g/mol. The Morgan fingerprint density at radius 1 is 1.22 bits per heavy atom. The van der Waals surface area contributed by atoms with Gasteiger partial charge in [0, 0.05) is 37.2 Å². The van der Waals surface area contributed by atoms with Crippen molar-refractivity contribution in [3.63, 3.8) is 0 Å². The van der Waals surface area contributed by atoms with Crippen LogP contribution in [0.2, 0.25) is 0 Å². The molecule has 1 aliphatic rings. The molecule has 0 fully saturated rings. The molecule has 0 aliphatic heterocycles. The fourth-order valence-corrected chi connectivity index (χ4v) is 3.34. The first-order chi connectivity index (χ1) is 12.6. The van der Waals surface area contributed by atoms with E-state index < -0.39 is 5.60 Å². The van der Waals surface area contributed by atoms with E-state index in [1.165, 1.54) is 17.0 Å². The van der Waals surface area contributed by atoms with Gasteiger partial charge in [-0.3, -0.25) is 0 Å². The zero-order chi connectivity index (χ0) is 20.6. The lowest BCUT2D eigenvalue weighted by molar-refractivity contribution is -0.150. The van der Waals surface area contributed by atoms with E-state index in [9.17, 15) is 4.79 Å². The maximum absolute atomic E-state index is 12.3. The number of hydrogen-bond donors (Lipinski definition) is 0. The highest BCUT2D eigenvalue weighted by atomic mass is 16.6. The van der Waals surface area contributed by atoms with Gasteiger partial charge in [0.25, 0.3) is 0 Å². The molecule has 0 saturated heterocycles. The van der Waals surface area contributed by atoms with E-state index in [-0.39, 0.29) is 5.97 Å². The summed E-state index contributed by atoms with van der Waals surface area (Å²) < 4.78 is 10.8. The van der Waals surface area contributed by atoms with E-state index in [4.69, 9.17) is 9.47 Å². The van der Waals surface area contributed by atoms with Gasteiger partial charge in [-0.2, -0.15) is 0 Å². The Hall–Kier alpha value is -1.55. The third-order valence-electron chi connectivity index (χ3n) is 4.68. The summed E-state index contributed by atoms with van der Waals surface area (Å²) in [4.78, 5) is 14.7. The normalized spacial score (nSPS) is 15.6. The van der Waals surface area contributed by atoms with E-state index >= 15 is 0 Å². The molecule has 0 amide bonds. The van der Waals surface area contributed by atoms with Crippen molar-refractivity contribution in [3.05, 3.63) is 34.7 Å². The Bertz CT molecular complexity index is 589. The number of rotatable bonds is 9. The lowest BCUT2D eigenvalue weighted by Gasteiger charge is -2.32. The van der Waals surface area contributed by atoms with Gasteiger partial charge in [0.2, 0.25) is 0 Å². The minimum absolute atomic E-state index is 0.198. The number of esters is 1. The van der Waals surface area contributed by atoms with Crippen LogP contribution in [0.3, 0.4) is 0 Å². The topological polar surface area (TPSA) is 38.8 Å². The number of allylic oxidation sites excluding steroid dienone is 5. The van der Waals surface area contributed by atoms with Crippen molar-refractivity contribution in [2.24, 2.45) is 5.92 Å². The Kier molecular flexibility index (Phi) is 9.31. The highest BCUT2D eigenvalue weighted by molar-refractivity contribution is 5.89. The quantitative estimate of drug-likeness (QED) is 0.490. The van der Waals surface area contributed by atoms with Gasteiger partial charge in [-0.1, -0.05) is 18.6 Å². The van der Waals surface area contributed by atoms with Gasteiger partial charge in [-0.25, -0.2) is 4.79 Å². The van der Waals surface area contributed by atoms with Crippen LogP contribution in [0.15, 0.2) is 34.7 Å². The third-order valence-corrected chi connectivity index (χ3v) is 4.68. The van der Waals surface area contributed by atoms with Crippen LogP contribution >= 0.6 is 0 Å². The van der Waals surface area contributed by atoms with Crippen molar-refractivity contribution in [2.45, 2.75) is 79.8 Å². The third kappa shape index (κ3) is 7.92. The lowest BCUT2D eigenvalue weighted by atomic mass is 9.98.